The number of hydrogen-bond donors (Lipinski definition) is 0. The Morgan fingerprint density at radius 3 is 2.19 bits per heavy atom. The van der Waals surface area contributed by atoms with E-state index in [1.807, 2.05) is 30.5 Å². The first-order valence-electron chi connectivity index (χ1n) is 7.08. The highest BCUT2D eigenvalue weighted by Gasteiger charge is 2.08. The van der Waals surface area contributed by atoms with Crippen LogP contribution in [-0.2, 0) is 6.42 Å². The van der Waals surface area contributed by atoms with Crippen LogP contribution in [0.4, 0.5) is 0 Å². The maximum Gasteiger partial charge on any atom is 0.0711 e. The molecule has 2 heterocycles. The van der Waals surface area contributed by atoms with Gasteiger partial charge in [0.2, 0.25) is 0 Å². The highest BCUT2D eigenvalue weighted by Crippen LogP contribution is 2.27. The first-order chi connectivity index (χ1) is 10.4. The number of fused-ring (bicyclic) bond motifs is 3. The lowest BCUT2D eigenvalue weighted by atomic mass is 10.0. The minimum Gasteiger partial charge on any atom is -0.261 e. The highest BCUT2D eigenvalue weighted by atomic mass is 14.7. The van der Waals surface area contributed by atoms with Gasteiger partial charge in [-0.15, -0.1) is 0 Å². The topological polar surface area (TPSA) is 25.8 Å². The van der Waals surface area contributed by atoms with Gasteiger partial charge in [0, 0.05) is 29.1 Å². The zero-order valence-corrected chi connectivity index (χ0v) is 11.5. The molecule has 0 aliphatic rings. The van der Waals surface area contributed by atoms with Crippen molar-refractivity contribution in [2.45, 2.75) is 6.42 Å². The summed E-state index contributed by atoms with van der Waals surface area (Å²) in [6.45, 7) is 0. The molecule has 0 radical (unpaired) electrons. The second-order valence-corrected chi connectivity index (χ2v) is 5.12. The van der Waals surface area contributed by atoms with Crippen molar-refractivity contribution in [1.29, 1.82) is 0 Å². The Kier molecular flexibility index (Phi) is 2.86. The molecular weight excluding hydrogens is 256 g/mol. The van der Waals surface area contributed by atoms with Gasteiger partial charge in [0.1, 0.15) is 0 Å². The largest absolute Gasteiger partial charge is 0.261 e. The summed E-state index contributed by atoms with van der Waals surface area (Å²) >= 11 is 0. The number of rotatable bonds is 2. The molecule has 2 aromatic heterocycles. The van der Waals surface area contributed by atoms with Crippen LogP contribution in [0, 0.1) is 0 Å². The molecule has 0 N–H and O–H groups in total. The molecule has 0 aliphatic heterocycles. The molecule has 2 aromatic carbocycles. The second-order valence-electron chi connectivity index (χ2n) is 5.12. The SMILES string of the molecule is c1ccc(Cc2nc3ccccc3c3ccccc23)nc1. The van der Waals surface area contributed by atoms with Gasteiger partial charge < -0.3 is 0 Å². The Morgan fingerprint density at radius 1 is 0.667 bits per heavy atom. The fourth-order valence-electron chi connectivity index (χ4n) is 2.78. The van der Waals surface area contributed by atoms with Crippen molar-refractivity contribution in [3.63, 3.8) is 0 Å². The molecule has 2 heteroatoms. The van der Waals surface area contributed by atoms with Gasteiger partial charge in [-0.3, -0.25) is 9.97 Å². The van der Waals surface area contributed by atoms with Crippen molar-refractivity contribution < 1.29 is 0 Å². The third-order valence-corrected chi connectivity index (χ3v) is 3.76. The van der Waals surface area contributed by atoms with Crippen LogP contribution in [0.25, 0.3) is 21.7 Å². The van der Waals surface area contributed by atoms with E-state index < -0.39 is 0 Å². The average Bonchev–Trinajstić information content (AvgIpc) is 2.56. The third kappa shape index (κ3) is 2.15. The van der Waals surface area contributed by atoms with Gasteiger partial charge in [-0.05, 0) is 23.6 Å². The smallest absolute Gasteiger partial charge is 0.0711 e. The second kappa shape index (κ2) is 4.98. The predicted molar refractivity (Wildman–Crippen MR) is 86.3 cm³/mol. The van der Waals surface area contributed by atoms with E-state index in [-0.39, 0.29) is 0 Å². The lowest BCUT2D eigenvalue weighted by molar-refractivity contribution is 1.04. The molecule has 21 heavy (non-hydrogen) atoms. The standard InChI is InChI=1S/C19H14N2/c1-2-10-17-15(8-1)16-9-3-4-11-18(16)21-19(17)13-14-7-5-6-12-20-14/h1-12H,13H2. The van der Waals surface area contributed by atoms with Crippen molar-refractivity contribution in [1.82, 2.24) is 9.97 Å². The van der Waals surface area contributed by atoms with Gasteiger partial charge in [0.05, 0.1) is 11.2 Å². The summed E-state index contributed by atoms with van der Waals surface area (Å²) in [5.74, 6) is 0. The van der Waals surface area contributed by atoms with Crippen LogP contribution < -0.4 is 0 Å². The van der Waals surface area contributed by atoms with E-state index in [4.69, 9.17) is 4.98 Å². The van der Waals surface area contributed by atoms with Crippen LogP contribution in [0.15, 0.2) is 72.9 Å². The molecule has 0 fully saturated rings. The van der Waals surface area contributed by atoms with Crippen LogP contribution in [-0.4, -0.2) is 9.97 Å². The monoisotopic (exact) mass is 270 g/mol. The molecule has 4 rings (SSSR count). The maximum absolute atomic E-state index is 4.86. The number of benzene rings is 2. The van der Waals surface area contributed by atoms with Crippen molar-refractivity contribution >= 4 is 21.7 Å². The minimum atomic E-state index is 0.756. The fraction of sp³-hybridized carbons (Fsp3) is 0.0526. The summed E-state index contributed by atoms with van der Waals surface area (Å²) < 4.78 is 0. The Balaban J connectivity index is 1.98. The Hall–Kier alpha value is -2.74. The summed E-state index contributed by atoms with van der Waals surface area (Å²) in [5.41, 5.74) is 3.18. The zero-order chi connectivity index (χ0) is 14.1. The lowest BCUT2D eigenvalue weighted by Crippen LogP contribution is -1.97. The first-order valence-corrected chi connectivity index (χ1v) is 7.08. The van der Waals surface area contributed by atoms with E-state index in [2.05, 4.69) is 47.4 Å². The Morgan fingerprint density at radius 2 is 1.38 bits per heavy atom. The molecule has 2 nitrogen and oxygen atoms in total. The Bertz CT molecular complexity index is 914. The molecule has 0 amide bonds. The summed E-state index contributed by atoms with van der Waals surface area (Å²) in [5, 5.41) is 3.67. The van der Waals surface area contributed by atoms with Gasteiger partial charge in [-0.2, -0.15) is 0 Å². The van der Waals surface area contributed by atoms with Crippen LogP contribution in [0.3, 0.4) is 0 Å². The van der Waals surface area contributed by atoms with E-state index >= 15 is 0 Å². The molecule has 4 aromatic rings. The first kappa shape index (κ1) is 12.0. The number of hydrogen-bond acceptors (Lipinski definition) is 2. The molecule has 0 spiro atoms. The summed E-state index contributed by atoms with van der Waals surface area (Å²) in [6.07, 6.45) is 2.59. The van der Waals surface area contributed by atoms with E-state index in [1.165, 1.54) is 16.2 Å². The molecular formula is C19H14N2. The van der Waals surface area contributed by atoms with Gasteiger partial charge in [-0.1, -0.05) is 48.5 Å². The fourth-order valence-corrected chi connectivity index (χ4v) is 2.78. The van der Waals surface area contributed by atoms with Crippen LogP contribution in [0.2, 0.25) is 0 Å². The predicted octanol–water partition coefficient (Wildman–Crippen LogP) is 4.37. The number of nitrogens with zero attached hydrogens (tertiary/aromatic N) is 2. The zero-order valence-electron chi connectivity index (χ0n) is 11.5. The molecule has 0 saturated carbocycles. The van der Waals surface area contributed by atoms with Crippen molar-refractivity contribution in [2.24, 2.45) is 0 Å². The van der Waals surface area contributed by atoms with Crippen molar-refractivity contribution in [2.75, 3.05) is 0 Å². The molecule has 0 unspecified atom stereocenters. The average molecular weight is 270 g/mol. The number of aromatic nitrogens is 2. The molecule has 0 saturated heterocycles. The van der Waals surface area contributed by atoms with Gasteiger partial charge in [0.25, 0.3) is 0 Å². The van der Waals surface area contributed by atoms with E-state index in [1.54, 1.807) is 0 Å². The van der Waals surface area contributed by atoms with Gasteiger partial charge >= 0.3 is 0 Å². The van der Waals surface area contributed by atoms with Gasteiger partial charge in [-0.25, -0.2) is 0 Å². The quantitative estimate of drug-likeness (QED) is 0.505. The van der Waals surface area contributed by atoms with Crippen LogP contribution in [0.1, 0.15) is 11.4 Å². The summed E-state index contributed by atoms with van der Waals surface area (Å²) in [7, 11) is 0. The lowest BCUT2D eigenvalue weighted by Gasteiger charge is -2.09. The molecule has 0 bridgehead atoms. The highest BCUT2D eigenvalue weighted by molar-refractivity contribution is 6.06. The third-order valence-electron chi connectivity index (χ3n) is 3.76. The van der Waals surface area contributed by atoms with Gasteiger partial charge in [0.15, 0.2) is 0 Å². The number of para-hydroxylation sites is 1. The molecule has 0 aliphatic carbocycles. The summed E-state index contributed by atoms with van der Waals surface area (Å²) in [6, 6.07) is 22.8. The Labute approximate surface area is 123 Å². The normalized spacial score (nSPS) is 11.0. The van der Waals surface area contributed by atoms with Crippen molar-refractivity contribution in [3.8, 4) is 0 Å². The summed E-state index contributed by atoms with van der Waals surface area (Å²) in [4.78, 5) is 9.28. The van der Waals surface area contributed by atoms with E-state index in [0.29, 0.717) is 0 Å². The number of pyridine rings is 2. The molecule has 0 atom stereocenters. The molecule has 100 valence electrons. The van der Waals surface area contributed by atoms with E-state index in [0.717, 1.165) is 23.3 Å². The minimum absolute atomic E-state index is 0.756. The maximum atomic E-state index is 4.86. The van der Waals surface area contributed by atoms with Crippen LogP contribution >= 0.6 is 0 Å². The van der Waals surface area contributed by atoms with Crippen LogP contribution in [0.5, 0.6) is 0 Å². The van der Waals surface area contributed by atoms with Crippen molar-refractivity contribution in [3.05, 3.63) is 84.3 Å². The van der Waals surface area contributed by atoms with E-state index in [9.17, 15) is 0 Å².